The fourth-order valence-electron chi connectivity index (χ4n) is 9.07. The lowest BCUT2D eigenvalue weighted by Gasteiger charge is -2.41. The van der Waals surface area contributed by atoms with E-state index in [4.69, 9.17) is 16.7 Å². The first-order chi connectivity index (χ1) is 18.8. The third kappa shape index (κ3) is 4.99. The van der Waals surface area contributed by atoms with Crippen LogP contribution in [-0.2, 0) is 12.8 Å². The summed E-state index contributed by atoms with van der Waals surface area (Å²) in [6.07, 6.45) is 15.9. The quantitative estimate of drug-likeness (QED) is 0.350. The molecule has 4 aliphatic rings. The van der Waals surface area contributed by atoms with Crippen LogP contribution in [0.4, 0.5) is 0 Å². The molecule has 4 nitrogen and oxygen atoms in total. The highest BCUT2D eigenvalue weighted by Crippen LogP contribution is 2.66. The van der Waals surface area contributed by atoms with E-state index >= 15 is 0 Å². The van der Waals surface area contributed by atoms with Crippen molar-refractivity contribution in [3.05, 3.63) is 56.6 Å². The van der Waals surface area contributed by atoms with Crippen LogP contribution in [0.5, 0.6) is 0 Å². The minimum atomic E-state index is -0.190. The van der Waals surface area contributed by atoms with Crippen LogP contribution in [0.15, 0.2) is 24.3 Å². The molecular weight excluding hydrogens is 502 g/mol. The summed E-state index contributed by atoms with van der Waals surface area (Å²) in [6, 6.07) is 11.9. The summed E-state index contributed by atoms with van der Waals surface area (Å²) in [4.78, 5) is 18.2. The van der Waals surface area contributed by atoms with Crippen LogP contribution in [0.1, 0.15) is 137 Å². The average Bonchev–Trinajstić information content (AvgIpc) is 3.51. The smallest absolute Gasteiger partial charge is 0.265 e. The lowest BCUT2D eigenvalue weighted by molar-refractivity contribution is 0.0786. The normalized spacial score (nSPS) is 29.9. The minimum Gasteiger partial charge on any atom is -0.265 e. The number of rotatable bonds is 5. The summed E-state index contributed by atoms with van der Waals surface area (Å²) in [5, 5.41) is 5.94. The number of hydrogen-bond acceptors (Lipinski definition) is 2. The lowest BCUT2D eigenvalue weighted by atomic mass is 9.63. The van der Waals surface area contributed by atoms with Gasteiger partial charge in [-0.1, -0.05) is 76.3 Å². The van der Waals surface area contributed by atoms with Crippen molar-refractivity contribution in [3.8, 4) is 6.07 Å². The third-order valence-corrected chi connectivity index (χ3v) is 11.6. The zero-order valence-corrected chi connectivity index (χ0v) is 24.9. The van der Waals surface area contributed by atoms with E-state index in [9.17, 15) is 4.79 Å². The van der Waals surface area contributed by atoms with Gasteiger partial charge >= 0.3 is 5.91 Å². The average molecular weight is 547 g/mol. The molecule has 0 saturated heterocycles. The largest absolute Gasteiger partial charge is 0.568 e. The first-order valence-corrected chi connectivity index (χ1v) is 16.0. The maximum absolute atomic E-state index is 13.7. The number of benzene rings is 1. The predicted molar refractivity (Wildman–Crippen MR) is 159 cm³/mol. The Morgan fingerprint density at radius 2 is 1.85 bits per heavy atom. The number of aromatic nitrogens is 2. The van der Waals surface area contributed by atoms with Gasteiger partial charge in [0.1, 0.15) is 0 Å². The second kappa shape index (κ2) is 10.7. The Bertz CT molecular complexity index is 1290. The van der Waals surface area contributed by atoms with E-state index < -0.39 is 0 Å². The number of fused-ring (bicyclic) bond motifs is 3. The Balaban J connectivity index is 1.32. The monoisotopic (exact) mass is 546 g/mol. The molecular formula is C34H45ClN3O+. The molecule has 4 unspecified atom stereocenters. The SMILES string of the molecule is CC12CCC(C1)C(C)(C)C2CC#[N+]C(=O)c1nn(C2CCCCC2)c2c1CCCCC2Cc1ccccc1Cl. The van der Waals surface area contributed by atoms with Gasteiger partial charge in [0.2, 0.25) is 5.69 Å². The van der Waals surface area contributed by atoms with E-state index in [-0.39, 0.29) is 5.91 Å². The molecule has 0 radical (unpaired) electrons. The summed E-state index contributed by atoms with van der Waals surface area (Å²) in [5.41, 5.74) is 4.88. The molecule has 3 saturated carbocycles. The highest BCUT2D eigenvalue weighted by atomic mass is 35.5. The van der Waals surface area contributed by atoms with Crippen molar-refractivity contribution in [1.82, 2.24) is 9.78 Å². The summed E-state index contributed by atoms with van der Waals surface area (Å²) >= 11 is 6.62. The van der Waals surface area contributed by atoms with Gasteiger partial charge in [0, 0.05) is 27.0 Å². The number of carbonyl (C=O) groups is 1. The molecule has 2 bridgehead atoms. The van der Waals surface area contributed by atoms with Crippen LogP contribution in [0.2, 0.25) is 5.02 Å². The van der Waals surface area contributed by atoms with Crippen molar-refractivity contribution in [1.29, 1.82) is 0 Å². The molecule has 2 aromatic rings. The van der Waals surface area contributed by atoms with Gasteiger partial charge in [0.25, 0.3) is 6.07 Å². The Labute approximate surface area is 239 Å². The first kappa shape index (κ1) is 27.1. The molecule has 6 rings (SSSR count). The van der Waals surface area contributed by atoms with E-state index in [2.05, 4.69) is 48.5 Å². The molecule has 0 spiro atoms. The molecule has 0 N–H and O–H groups in total. The number of nitrogens with zero attached hydrogens (tertiary/aromatic N) is 3. The molecule has 1 aromatic carbocycles. The summed E-state index contributed by atoms with van der Waals surface area (Å²) < 4.78 is 2.28. The summed E-state index contributed by atoms with van der Waals surface area (Å²) in [7, 11) is 0. The lowest BCUT2D eigenvalue weighted by Crippen LogP contribution is -2.34. The van der Waals surface area contributed by atoms with Crippen molar-refractivity contribution in [2.75, 3.05) is 0 Å². The molecule has 4 aliphatic carbocycles. The highest BCUT2D eigenvalue weighted by Gasteiger charge is 2.59. The molecule has 0 aliphatic heterocycles. The Morgan fingerprint density at radius 1 is 1.08 bits per heavy atom. The van der Waals surface area contributed by atoms with Gasteiger partial charge in [0.15, 0.2) is 0 Å². The molecule has 3 fully saturated rings. The van der Waals surface area contributed by atoms with Crippen molar-refractivity contribution >= 4 is 17.5 Å². The number of carbonyl (C=O) groups excluding carboxylic acids is 1. The van der Waals surface area contributed by atoms with Gasteiger partial charge in [-0.05, 0) is 92.1 Å². The van der Waals surface area contributed by atoms with Gasteiger partial charge in [-0.2, -0.15) is 9.89 Å². The number of amides is 1. The minimum absolute atomic E-state index is 0.190. The molecule has 1 aromatic heterocycles. The molecule has 1 heterocycles. The van der Waals surface area contributed by atoms with Crippen molar-refractivity contribution in [2.24, 2.45) is 22.7 Å². The zero-order valence-electron chi connectivity index (χ0n) is 24.1. The molecule has 39 heavy (non-hydrogen) atoms. The molecule has 5 heteroatoms. The van der Waals surface area contributed by atoms with Crippen LogP contribution < -0.4 is 0 Å². The van der Waals surface area contributed by atoms with Gasteiger partial charge in [0.05, 0.1) is 12.5 Å². The van der Waals surface area contributed by atoms with Gasteiger partial charge < -0.3 is 0 Å². The van der Waals surface area contributed by atoms with Crippen LogP contribution in [0.25, 0.3) is 4.85 Å². The standard InChI is InChI=1S/C34H45ClN3O/c1-33(2)25-17-19-34(3,22-25)29(33)18-20-36-32(39)30-27-15-9-7-12-24(21-23-11-8-10-16-28(23)35)31(27)38(37-30)26-13-5-4-6-14-26/h8,10-11,16,24-26,29H,4-7,9,12-15,17-19,21-22H2,1-3H3/q+1. The third-order valence-electron chi connectivity index (χ3n) is 11.3. The van der Waals surface area contributed by atoms with Crippen LogP contribution in [-0.4, -0.2) is 15.7 Å². The molecule has 4 atom stereocenters. The molecule has 208 valence electrons. The van der Waals surface area contributed by atoms with Crippen LogP contribution >= 0.6 is 11.6 Å². The second-order valence-corrected chi connectivity index (χ2v) is 14.3. The molecule has 1 amide bonds. The van der Waals surface area contributed by atoms with E-state index in [1.54, 1.807) is 0 Å². The van der Waals surface area contributed by atoms with Gasteiger partial charge in [-0.15, -0.1) is 0 Å². The topological polar surface area (TPSA) is 39.2 Å². The fraction of sp³-hybridized carbons (Fsp3) is 0.676. The summed E-state index contributed by atoms with van der Waals surface area (Å²) in [6.45, 7) is 7.28. The number of halogens is 1. The maximum atomic E-state index is 13.7. The van der Waals surface area contributed by atoms with E-state index in [0.717, 1.165) is 67.9 Å². The van der Waals surface area contributed by atoms with Gasteiger partial charge in [-0.25, -0.2) is 0 Å². The Kier molecular flexibility index (Phi) is 7.42. The fourth-order valence-corrected chi connectivity index (χ4v) is 9.28. The van der Waals surface area contributed by atoms with Crippen molar-refractivity contribution < 1.29 is 4.79 Å². The summed E-state index contributed by atoms with van der Waals surface area (Å²) in [5.74, 6) is 1.46. The number of hydrogen-bond donors (Lipinski definition) is 0. The van der Waals surface area contributed by atoms with Crippen LogP contribution in [0.3, 0.4) is 0 Å². The highest BCUT2D eigenvalue weighted by molar-refractivity contribution is 6.31. The Hall–Kier alpha value is -2.12. The predicted octanol–water partition coefficient (Wildman–Crippen LogP) is 9.42. The maximum Gasteiger partial charge on any atom is 0.568 e. The van der Waals surface area contributed by atoms with Crippen molar-refractivity contribution in [3.63, 3.8) is 0 Å². The van der Waals surface area contributed by atoms with E-state index in [1.807, 2.05) is 12.1 Å². The first-order valence-electron chi connectivity index (χ1n) is 15.6. The van der Waals surface area contributed by atoms with Crippen molar-refractivity contribution in [2.45, 2.75) is 123 Å². The Morgan fingerprint density at radius 3 is 2.59 bits per heavy atom. The van der Waals surface area contributed by atoms with Gasteiger partial charge in [-0.3, -0.25) is 4.68 Å². The van der Waals surface area contributed by atoms with E-state index in [0.29, 0.717) is 34.4 Å². The van der Waals surface area contributed by atoms with E-state index in [1.165, 1.54) is 49.8 Å². The zero-order chi connectivity index (χ0) is 27.2. The second-order valence-electron chi connectivity index (χ2n) is 13.9. The van der Waals surface area contributed by atoms with Crippen LogP contribution in [0, 0.1) is 28.7 Å².